The molecule has 0 radical (unpaired) electrons. The number of aryl methyl sites for hydroxylation is 1. The van der Waals surface area contributed by atoms with Crippen molar-refractivity contribution in [2.75, 3.05) is 12.3 Å². The van der Waals surface area contributed by atoms with Crippen LogP contribution in [0.15, 0.2) is 40.0 Å². The summed E-state index contributed by atoms with van der Waals surface area (Å²) in [6.07, 6.45) is 3.93. The number of halogens is 1. The van der Waals surface area contributed by atoms with Gasteiger partial charge < -0.3 is 5.73 Å². The van der Waals surface area contributed by atoms with E-state index in [9.17, 15) is 8.42 Å². The second kappa shape index (κ2) is 6.33. The van der Waals surface area contributed by atoms with Crippen molar-refractivity contribution in [2.24, 2.45) is 0 Å². The molecule has 2 aromatic rings. The molecule has 0 aliphatic heterocycles. The van der Waals surface area contributed by atoms with E-state index in [1.54, 1.807) is 29.2 Å². The zero-order valence-electron chi connectivity index (χ0n) is 10.5. The van der Waals surface area contributed by atoms with E-state index >= 15 is 0 Å². The second-order valence-electron chi connectivity index (χ2n) is 4.11. The highest BCUT2D eigenvalue weighted by Crippen LogP contribution is 2.23. The van der Waals surface area contributed by atoms with Gasteiger partial charge in [0.1, 0.15) is 0 Å². The first kappa shape index (κ1) is 14.9. The molecule has 2 rings (SSSR count). The molecule has 1 aromatic heterocycles. The van der Waals surface area contributed by atoms with Crippen molar-refractivity contribution in [3.8, 4) is 0 Å². The fourth-order valence-corrected chi connectivity index (χ4v) is 3.78. The van der Waals surface area contributed by atoms with Crippen LogP contribution in [-0.2, 0) is 16.6 Å². The van der Waals surface area contributed by atoms with E-state index in [4.69, 9.17) is 5.73 Å². The minimum atomic E-state index is -3.55. The molecule has 20 heavy (non-hydrogen) atoms. The minimum Gasteiger partial charge on any atom is -0.399 e. The lowest BCUT2D eigenvalue weighted by Gasteiger charge is -2.09. The molecule has 0 amide bonds. The molecule has 0 atom stereocenters. The maximum atomic E-state index is 12.1. The number of anilines is 1. The summed E-state index contributed by atoms with van der Waals surface area (Å²) in [5.41, 5.74) is 6.09. The van der Waals surface area contributed by atoms with Crippen molar-refractivity contribution in [1.82, 2.24) is 19.7 Å². The van der Waals surface area contributed by atoms with E-state index < -0.39 is 10.0 Å². The summed E-state index contributed by atoms with van der Waals surface area (Å²) in [4.78, 5) is 0.174. The van der Waals surface area contributed by atoms with Crippen molar-refractivity contribution in [2.45, 2.75) is 17.9 Å². The molecule has 0 bridgehead atoms. The van der Waals surface area contributed by atoms with Crippen molar-refractivity contribution >= 4 is 31.6 Å². The Balaban J connectivity index is 1.93. The Hall–Kier alpha value is -1.45. The Labute approximate surface area is 125 Å². The number of nitrogens with two attached hydrogens (primary N) is 1. The van der Waals surface area contributed by atoms with E-state index in [0.717, 1.165) is 0 Å². The minimum absolute atomic E-state index is 0.174. The molecule has 108 valence electrons. The number of hydrogen-bond acceptors (Lipinski definition) is 5. The first-order chi connectivity index (χ1) is 9.49. The molecular weight excluding hydrogens is 346 g/mol. The normalized spacial score (nSPS) is 11.7. The van der Waals surface area contributed by atoms with Gasteiger partial charge >= 0.3 is 0 Å². The molecular formula is C11H14BrN5O2S. The van der Waals surface area contributed by atoms with Gasteiger partial charge in [0.15, 0.2) is 0 Å². The topological polar surface area (TPSA) is 103 Å². The van der Waals surface area contributed by atoms with E-state index in [2.05, 4.69) is 31.0 Å². The summed E-state index contributed by atoms with van der Waals surface area (Å²) < 4.78 is 28.8. The lowest BCUT2D eigenvalue weighted by Crippen LogP contribution is -2.26. The molecule has 0 unspecified atom stereocenters. The first-order valence-corrected chi connectivity index (χ1v) is 8.15. The Morgan fingerprint density at radius 2 is 2.20 bits per heavy atom. The van der Waals surface area contributed by atoms with Crippen molar-refractivity contribution in [3.05, 3.63) is 35.1 Å². The first-order valence-electron chi connectivity index (χ1n) is 5.88. The van der Waals surface area contributed by atoms with Crippen LogP contribution in [0.25, 0.3) is 0 Å². The van der Waals surface area contributed by atoms with Crippen LogP contribution < -0.4 is 10.5 Å². The van der Waals surface area contributed by atoms with Gasteiger partial charge in [0, 0.05) is 29.4 Å². The molecule has 0 saturated carbocycles. The average molecular weight is 360 g/mol. The highest BCUT2D eigenvalue weighted by Gasteiger charge is 2.16. The predicted molar refractivity (Wildman–Crippen MR) is 78.4 cm³/mol. The van der Waals surface area contributed by atoms with Crippen molar-refractivity contribution in [3.63, 3.8) is 0 Å². The fraction of sp³-hybridized carbons (Fsp3) is 0.273. The van der Waals surface area contributed by atoms with E-state index in [1.807, 2.05) is 0 Å². The number of nitrogens with one attached hydrogen (secondary N) is 1. The molecule has 0 fully saturated rings. The number of rotatable bonds is 6. The van der Waals surface area contributed by atoms with Crippen LogP contribution in [0.5, 0.6) is 0 Å². The van der Waals surface area contributed by atoms with Crippen LogP contribution in [0.3, 0.4) is 0 Å². The summed E-state index contributed by atoms with van der Waals surface area (Å²) >= 11 is 3.20. The zero-order chi connectivity index (χ0) is 14.6. The number of benzene rings is 1. The summed E-state index contributed by atoms with van der Waals surface area (Å²) in [5, 5.41) is 7.47. The number of aromatic nitrogens is 3. The molecule has 1 aromatic carbocycles. The molecule has 0 spiro atoms. The maximum Gasteiger partial charge on any atom is 0.241 e. The standard InChI is InChI=1S/C11H14BrN5O2S/c12-10-8-9(13)2-3-11(10)20(18,19)15-4-1-6-17-7-5-14-16-17/h2-3,5,7-8,15H,1,4,6,13H2. The number of hydrogen-bond donors (Lipinski definition) is 2. The Kier molecular flexibility index (Phi) is 4.73. The lowest BCUT2D eigenvalue weighted by atomic mass is 10.3. The molecule has 9 heteroatoms. The van der Waals surface area contributed by atoms with Gasteiger partial charge in [-0.15, -0.1) is 5.10 Å². The Bertz CT molecular complexity index is 672. The highest BCUT2D eigenvalue weighted by molar-refractivity contribution is 9.10. The third kappa shape index (κ3) is 3.78. The second-order valence-corrected chi connectivity index (χ2v) is 6.70. The quantitative estimate of drug-likeness (QED) is 0.591. The maximum absolute atomic E-state index is 12.1. The van der Waals surface area contributed by atoms with Crippen LogP contribution in [0.1, 0.15) is 6.42 Å². The molecule has 7 nitrogen and oxygen atoms in total. The average Bonchev–Trinajstić information content (AvgIpc) is 2.87. The molecule has 0 saturated heterocycles. The highest BCUT2D eigenvalue weighted by atomic mass is 79.9. The van der Waals surface area contributed by atoms with Gasteiger partial charge in [0.25, 0.3) is 0 Å². The van der Waals surface area contributed by atoms with Gasteiger partial charge in [-0.2, -0.15) is 0 Å². The van der Waals surface area contributed by atoms with Gasteiger partial charge in [-0.3, -0.25) is 4.68 Å². The van der Waals surface area contributed by atoms with E-state index in [0.29, 0.717) is 29.7 Å². The molecule has 1 heterocycles. The summed E-state index contributed by atoms with van der Waals surface area (Å²) in [5.74, 6) is 0. The Morgan fingerprint density at radius 1 is 1.40 bits per heavy atom. The third-order valence-electron chi connectivity index (χ3n) is 2.57. The van der Waals surface area contributed by atoms with Gasteiger partial charge in [-0.25, -0.2) is 13.1 Å². The van der Waals surface area contributed by atoms with Crippen LogP contribution in [-0.4, -0.2) is 30.0 Å². The summed E-state index contributed by atoms with van der Waals surface area (Å²) in [7, 11) is -3.55. The monoisotopic (exact) mass is 359 g/mol. The van der Waals surface area contributed by atoms with Gasteiger partial charge in [0.05, 0.1) is 11.1 Å². The van der Waals surface area contributed by atoms with Crippen molar-refractivity contribution < 1.29 is 8.42 Å². The Morgan fingerprint density at radius 3 is 2.85 bits per heavy atom. The molecule has 0 aliphatic carbocycles. The van der Waals surface area contributed by atoms with Crippen LogP contribution in [0.2, 0.25) is 0 Å². The van der Waals surface area contributed by atoms with Gasteiger partial charge in [-0.1, -0.05) is 5.21 Å². The number of nitrogen functional groups attached to an aromatic ring is 1. The molecule has 3 N–H and O–H groups in total. The van der Waals surface area contributed by atoms with Crippen LogP contribution in [0.4, 0.5) is 5.69 Å². The van der Waals surface area contributed by atoms with E-state index in [-0.39, 0.29) is 4.90 Å². The van der Waals surface area contributed by atoms with Crippen LogP contribution in [0, 0.1) is 0 Å². The number of nitrogens with zero attached hydrogens (tertiary/aromatic N) is 3. The third-order valence-corrected chi connectivity index (χ3v) is 5.01. The fourth-order valence-electron chi connectivity index (χ4n) is 1.61. The van der Waals surface area contributed by atoms with Gasteiger partial charge in [0.2, 0.25) is 10.0 Å². The summed E-state index contributed by atoms with van der Waals surface area (Å²) in [6, 6.07) is 4.58. The smallest absolute Gasteiger partial charge is 0.241 e. The van der Waals surface area contributed by atoms with Crippen LogP contribution >= 0.6 is 15.9 Å². The van der Waals surface area contributed by atoms with Crippen molar-refractivity contribution in [1.29, 1.82) is 0 Å². The van der Waals surface area contributed by atoms with Gasteiger partial charge in [-0.05, 0) is 40.5 Å². The SMILES string of the molecule is Nc1ccc(S(=O)(=O)NCCCn2ccnn2)c(Br)c1. The lowest BCUT2D eigenvalue weighted by molar-refractivity contribution is 0.542. The summed E-state index contributed by atoms with van der Waals surface area (Å²) in [6.45, 7) is 0.921. The largest absolute Gasteiger partial charge is 0.399 e. The van der Waals surface area contributed by atoms with E-state index in [1.165, 1.54) is 6.07 Å². The number of sulfonamides is 1. The predicted octanol–water partition coefficient (Wildman–Crippen LogP) is 0.991. The zero-order valence-corrected chi connectivity index (χ0v) is 12.9. The molecule has 0 aliphatic rings.